The molecule has 1 amide bonds. The lowest BCUT2D eigenvalue weighted by Crippen LogP contribution is -2.54. The summed E-state index contributed by atoms with van der Waals surface area (Å²) in [5, 5.41) is 6.72. The number of carbonyl (C=O) groups excluding carboxylic acids is 1. The molecule has 0 bridgehead atoms. The standard InChI is InChI=1S/C11H21N5O/c1-2-9-4-5-11(8-9,10(12)17)14-6-3-7-15-16-13/h9,14H,2-8H2,1H3,(H2,12,17). The van der Waals surface area contributed by atoms with E-state index in [-0.39, 0.29) is 5.91 Å². The predicted octanol–water partition coefficient (Wildman–Crippen LogP) is 1.71. The number of amides is 1. The number of rotatable bonds is 7. The van der Waals surface area contributed by atoms with Crippen LogP contribution in [0.15, 0.2) is 5.11 Å². The molecule has 0 aliphatic heterocycles. The SMILES string of the molecule is CCC1CCC(NCCCN=[N+]=[N-])(C(N)=O)C1. The molecule has 1 aliphatic rings. The summed E-state index contributed by atoms with van der Waals surface area (Å²) in [6.45, 7) is 3.26. The Kier molecular flexibility index (Phi) is 5.25. The number of hydrogen-bond acceptors (Lipinski definition) is 3. The summed E-state index contributed by atoms with van der Waals surface area (Å²) < 4.78 is 0. The van der Waals surface area contributed by atoms with Gasteiger partial charge in [-0.3, -0.25) is 4.79 Å². The number of nitrogens with two attached hydrogens (primary N) is 1. The number of hydrogen-bond donors (Lipinski definition) is 2. The van der Waals surface area contributed by atoms with Gasteiger partial charge in [-0.15, -0.1) is 0 Å². The van der Waals surface area contributed by atoms with E-state index in [1.54, 1.807) is 0 Å². The summed E-state index contributed by atoms with van der Waals surface area (Å²) >= 11 is 0. The molecule has 6 heteroatoms. The van der Waals surface area contributed by atoms with Crippen LogP contribution in [0.5, 0.6) is 0 Å². The van der Waals surface area contributed by atoms with Crippen LogP contribution in [0.25, 0.3) is 10.4 Å². The first-order chi connectivity index (χ1) is 8.14. The third kappa shape index (κ3) is 3.61. The highest BCUT2D eigenvalue weighted by molar-refractivity contribution is 5.85. The zero-order valence-corrected chi connectivity index (χ0v) is 10.4. The lowest BCUT2D eigenvalue weighted by Gasteiger charge is -2.27. The predicted molar refractivity (Wildman–Crippen MR) is 66.2 cm³/mol. The molecule has 1 fully saturated rings. The van der Waals surface area contributed by atoms with Gasteiger partial charge in [0, 0.05) is 11.5 Å². The average Bonchev–Trinajstić information content (AvgIpc) is 2.74. The van der Waals surface area contributed by atoms with Crippen molar-refractivity contribution in [3.05, 3.63) is 10.4 Å². The summed E-state index contributed by atoms with van der Waals surface area (Å²) in [6.07, 6.45) is 4.54. The Morgan fingerprint density at radius 2 is 2.47 bits per heavy atom. The van der Waals surface area contributed by atoms with E-state index in [1.807, 2.05) is 0 Å². The van der Waals surface area contributed by atoms with Gasteiger partial charge in [-0.1, -0.05) is 18.5 Å². The molecule has 3 N–H and O–H groups in total. The van der Waals surface area contributed by atoms with Gasteiger partial charge < -0.3 is 11.1 Å². The molecule has 0 radical (unpaired) electrons. The van der Waals surface area contributed by atoms with Crippen molar-refractivity contribution >= 4 is 5.91 Å². The molecule has 96 valence electrons. The van der Waals surface area contributed by atoms with Gasteiger partial charge in [0.15, 0.2) is 0 Å². The monoisotopic (exact) mass is 239 g/mol. The highest BCUT2D eigenvalue weighted by Gasteiger charge is 2.42. The summed E-state index contributed by atoms with van der Waals surface area (Å²) in [4.78, 5) is 14.3. The van der Waals surface area contributed by atoms with Crippen LogP contribution in [0.1, 0.15) is 39.0 Å². The van der Waals surface area contributed by atoms with Gasteiger partial charge in [0.25, 0.3) is 0 Å². The van der Waals surface area contributed by atoms with Crippen molar-refractivity contribution in [2.45, 2.75) is 44.6 Å². The normalized spacial score (nSPS) is 27.7. The number of azide groups is 1. The molecule has 2 unspecified atom stereocenters. The Bertz CT molecular complexity index is 313. The zero-order chi connectivity index (χ0) is 12.7. The third-order valence-corrected chi connectivity index (χ3v) is 3.63. The molecule has 2 atom stereocenters. The van der Waals surface area contributed by atoms with Crippen LogP contribution >= 0.6 is 0 Å². The van der Waals surface area contributed by atoms with Crippen LogP contribution in [-0.4, -0.2) is 24.5 Å². The van der Waals surface area contributed by atoms with Gasteiger partial charge >= 0.3 is 0 Å². The van der Waals surface area contributed by atoms with Crippen molar-refractivity contribution in [2.75, 3.05) is 13.1 Å². The molecule has 0 aromatic carbocycles. The van der Waals surface area contributed by atoms with E-state index in [4.69, 9.17) is 11.3 Å². The van der Waals surface area contributed by atoms with E-state index in [0.29, 0.717) is 19.0 Å². The van der Waals surface area contributed by atoms with Crippen LogP contribution in [0.4, 0.5) is 0 Å². The van der Waals surface area contributed by atoms with Gasteiger partial charge in [-0.05, 0) is 43.7 Å². The van der Waals surface area contributed by atoms with Crippen molar-refractivity contribution < 1.29 is 4.79 Å². The molecule has 0 spiro atoms. The van der Waals surface area contributed by atoms with E-state index in [0.717, 1.165) is 32.1 Å². The molecule has 17 heavy (non-hydrogen) atoms. The van der Waals surface area contributed by atoms with E-state index < -0.39 is 5.54 Å². The van der Waals surface area contributed by atoms with Crippen molar-refractivity contribution in [3.8, 4) is 0 Å². The molecular formula is C11H21N5O. The minimum Gasteiger partial charge on any atom is -0.368 e. The van der Waals surface area contributed by atoms with Gasteiger partial charge in [0.1, 0.15) is 0 Å². The Morgan fingerprint density at radius 3 is 3.00 bits per heavy atom. The molecule has 1 rings (SSSR count). The second-order valence-electron chi connectivity index (χ2n) is 4.70. The largest absolute Gasteiger partial charge is 0.368 e. The molecule has 0 heterocycles. The highest BCUT2D eigenvalue weighted by atomic mass is 16.1. The lowest BCUT2D eigenvalue weighted by molar-refractivity contribution is -0.124. The number of primary amides is 1. The Labute approximate surface area is 102 Å². The van der Waals surface area contributed by atoms with Crippen molar-refractivity contribution in [1.82, 2.24) is 5.32 Å². The molecule has 6 nitrogen and oxygen atoms in total. The summed E-state index contributed by atoms with van der Waals surface area (Å²) in [5.41, 5.74) is 13.1. The zero-order valence-electron chi connectivity index (χ0n) is 10.4. The summed E-state index contributed by atoms with van der Waals surface area (Å²) in [5.74, 6) is 0.337. The fourth-order valence-electron chi connectivity index (χ4n) is 2.49. The second kappa shape index (κ2) is 6.47. The topological polar surface area (TPSA) is 104 Å². The van der Waals surface area contributed by atoms with Crippen molar-refractivity contribution in [1.29, 1.82) is 0 Å². The fraction of sp³-hybridized carbons (Fsp3) is 0.909. The Hall–Kier alpha value is -1.26. The maximum absolute atomic E-state index is 11.6. The summed E-state index contributed by atoms with van der Waals surface area (Å²) in [7, 11) is 0. The smallest absolute Gasteiger partial charge is 0.237 e. The van der Waals surface area contributed by atoms with Crippen molar-refractivity contribution in [2.24, 2.45) is 16.8 Å². The lowest BCUT2D eigenvalue weighted by atomic mass is 9.94. The quantitative estimate of drug-likeness (QED) is 0.305. The van der Waals surface area contributed by atoms with Gasteiger partial charge in [0.05, 0.1) is 5.54 Å². The van der Waals surface area contributed by atoms with Gasteiger partial charge in [-0.25, -0.2) is 0 Å². The Balaban J connectivity index is 2.44. The average molecular weight is 239 g/mol. The highest BCUT2D eigenvalue weighted by Crippen LogP contribution is 2.36. The van der Waals surface area contributed by atoms with Crippen LogP contribution in [0, 0.1) is 5.92 Å². The minimum absolute atomic E-state index is 0.253. The first kappa shape index (κ1) is 13.8. The fourth-order valence-corrected chi connectivity index (χ4v) is 2.49. The minimum atomic E-state index is -0.531. The van der Waals surface area contributed by atoms with Crippen LogP contribution < -0.4 is 11.1 Å². The molecule has 0 saturated heterocycles. The molecule has 1 aliphatic carbocycles. The maximum atomic E-state index is 11.6. The first-order valence-electron chi connectivity index (χ1n) is 6.20. The molecule has 0 aromatic rings. The van der Waals surface area contributed by atoms with Gasteiger partial charge in [-0.2, -0.15) is 0 Å². The molecular weight excluding hydrogens is 218 g/mol. The van der Waals surface area contributed by atoms with Crippen LogP contribution in [-0.2, 0) is 4.79 Å². The Morgan fingerprint density at radius 1 is 1.71 bits per heavy atom. The van der Waals surface area contributed by atoms with E-state index in [2.05, 4.69) is 22.3 Å². The van der Waals surface area contributed by atoms with E-state index in [9.17, 15) is 4.79 Å². The first-order valence-corrected chi connectivity index (χ1v) is 6.20. The van der Waals surface area contributed by atoms with E-state index >= 15 is 0 Å². The third-order valence-electron chi connectivity index (χ3n) is 3.63. The molecule has 1 saturated carbocycles. The number of nitrogens with one attached hydrogen (secondary N) is 1. The second-order valence-corrected chi connectivity index (χ2v) is 4.70. The van der Waals surface area contributed by atoms with E-state index in [1.165, 1.54) is 0 Å². The van der Waals surface area contributed by atoms with Crippen LogP contribution in [0.2, 0.25) is 0 Å². The summed E-state index contributed by atoms with van der Waals surface area (Å²) in [6, 6.07) is 0. The van der Waals surface area contributed by atoms with Crippen LogP contribution in [0.3, 0.4) is 0 Å². The molecule has 0 aromatic heterocycles. The van der Waals surface area contributed by atoms with Crippen molar-refractivity contribution in [3.63, 3.8) is 0 Å². The number of nitrogens with zero attached hydrogens (tertiary/aromatic N) is 3. The van der Waals surface area contributed by atoms with Gasteiger partial charge in [0.2, 0.25) is 5.91 Å². The number of carbonyl (C=O) groups is 1. The maximum Gasteiger partial charge on any atom is 0.237 e.